The number of carbonyl (C=O) groups is 1. The van der Waals surface area contributed by atoms with Gasteiger partial charge in [-0.05, 0) is 31.5 Å². The van der Waals surface area contributed by atoms with Crippen molar-refractivity contribution in [3.8, 4) is 6.07 Å². The number of likely N-dealkylation sites (tertiary alicyclic amines) is 1. The van der Waals surface area contributed by atoms with Crippen molar-refractivity contribution in [3.63, 3.8) is 0 Å². The minimum absolute atomic E-state index is 0.0738. The maximum absolute atomic E-state index is 12.2. The molecule has 2 saturated heterocycles. The second-order valence-electron chi connectivity index (χ2n) is 6.16. The minimum atomic E-state index is -0.160. The second kappa shape index (κ2) is 8.25. The fourth-order valence-corrected chi connectivity index (χ4v) is 3.35. The molecule has 0 bridgehead atoms. The first-order valence-corrected chi connectivity index (χ1v) is 8.54. The molecule has 1 unspecified atom stereocenters. The molecule has 1 aromatic carbocycles. The monoisotopic (exact) mass is 329 g/mol. The highest BCUT2D eigenvalue weighted by atomic mass is 16.7. The number of benzene rings is 1. The lowest BCUT2D eigenvalue weighted by atomic mass is 10.0. The normalized spacial score (nSPS) is 22.2. The number of para-hydroxylation sites is 1. The van der Waals surface area contributed by atoms with Gasteiger partial charge in [0, 0.05) is 13.0 Å². The van der Waals surface area contributed by atoms with Crippen LogP contribution in [0.4, 0.5) is 5.69 Å². The smallest absolute Gasteiger partial charge is 0.225 e. The van der Waals surface area contributed by atoms with Crippen molar-refractivity contribution >= 4 is 11.6 Å². The molecule has 1 N–H and O–H groups in total. The van der Waals surface area contributed by atoms with Crippen molar-refractivity contribution in [1.82, 2.24) is 4.90 Å². The molecule has 24 heavy (non-hydrogen) atoms. The molecule has 2 fully saturated rings. The molecule has 2 aliphatic heterocycles. The Labute approximate surface area is 142 Å². The summed E-state index contributed by atoms with van der Waals surface area (Å²) in [7, 11) is 0. The standard InChI is InChI=1S/C18H23N3O3/c19-13-14-5-1-2-6-15(14)20-17(22)8-10-21-9-4-3-7-16(21)18-23-11-12-24-18/h1-2,5-6,16,18H,3-4,7-12H2,(H,20,22). The Morgan fingerprint density at radius 1 is 1.29 bits per heavy atom. The summed E-state index contributed by atoms with van der Waals surface area (Å²) in [6.07, 6.45) is 3.59. The van der Waals surface area contributed by atoms with Gasteiger partial charge in [-0.1, -0.05) is 18.6 Å². The first kappa shape index (κ1) is 16.9. The van der Waals surface area contributed by atoms with Crippen molar-refractivity contribution in [1.29, 1.82) is 5.26 Å². The van der Waals surface area contributed by atoms with Gasteiger partial charge in [0.15, 0.2) is 6.29 Å². The van der Waals surface area contributed by atoms with Gasteiger partial charge in [0.05, 0.1) is 30.5 Å². The van der Waals surface area contributed by atoms with Gasteiger partial charge in [-0.15, -0.1) is 0 Å². The first-order chi connectivity index (χ1) is 11.8. The molecule has 6 heteroatoms. The first-order valence-electron chi connectivity index (χ1n) is 8.54. The Hall–Kier alpha value is -1.94. The van der Waals surface area contributed by atoms with Crippen LogP contribution in [-0.2, 0) is 14.3 Å². The summed E-state index contributed by atoms with van der Waals surface area (Å²) in [5.74, 6) is -0.0738. The summed E-state index contributed by atoms with van der Waals surface area (Å²) in [6, 6.07) is 9.38. The third-order valence-corrected chi connectivity index (χ3v) is 4.57. The molecule has 3 rings (SSSR count). The van der Waals surface area contributed by atoms with Crippen LogP contribution in [0.15, 0.2) is 24.3 Å². The Kier molecular flexibility index (Phi) is 5.81. The van der Waals surface area contributed by atoms with Crippen molar-refractivity contribution in [2.24, 2.45) is 0 Å². The average molecular weight is 329 g/mol. The van der Waals surface area contributed by atoms with Crippen LogP contribution in [0.2, 0.25) is 0 Å². The van der Waals surface area contributed by atoms with E-state index >= 15 is 0 Å². The fraction of sp³-hybridized carbons (Fsp3) is 0.556. The summed E-state index contributed by atoms with van der Waals surface area (Å²) in [4.78, 5) is 14.5. The van der Waals surface area contributed by atoms with Gasteiger partial charge in [-0.3, -0.25) is 9.69 Å². The fourth-order valence-electron chi connectivity index (χ4n) is 3.35. The lowest BCUT2D eigenvalue weighted by Crippen LogP contribution is -2.48. The Balaban J connectivity index is 1.53. The SMILES string of the molecule is N#Cc1ccccc1NC(=O)CCN1CCCCC1C1OCCO1. The van der Waals surface area contributed by atoms with E-state index in [-0.39, 0.29) is 18.2 Å². The molecule has 0 radical (unpaired) electrons. The lowest BCUT2D eigenvalue weighted by Gasteiger charge is -2.37. The number of nitrogens with zero attached hydrogens (tertiary/aromatic N) is 2. The third-order valence-electron chi connectivity index (χ3n) is 4.57. The molecule has 1 atom stereocenters. The van der Waals surface area contributed by atoms with Gasteiger partial charge in [0.25, 0.3) is 0 Å². The summed E-state index contributed by atoms with van der Waals surface area (Å²) in [5, 5.41) is 11.9. The van der Waals surface area contributed by atoms with Crippen molar-refractivity contribution in [2.75, 3.05) is 31.6 Å². The second-order valence-corrected chi connectivity index (χ2v) is 6.16. The van der Waals surface area contributed by atoms with Crippen LogP contribution < -0.4 is 5.32 Å². The molecular weight excluding hydrogens is 306 g/mol. The van der Waals surface area contributed by atoms with E-state index in [2.05, 4.69) is 16.3 Å². The summed E-state index contributed by atoms with van der Waals surface area (Å²) >= 11 is 0. The van der Waals surface area contributed by atoms with E-state index in [4.69, 9.17) is 14.7 Å². The van der Waals surface area contributed by atoms with Crippen LogP contribution in [0.1, 0.15) is 31.2 Å². The van der Waals surface area contributed by atoms with Gasteiger partial charge in [-0.2, -0.15) is 5.26 Å². The molecule has 6 nitrogen and oxygen atoms in total. The number of amides is 1. The van der Waals surface area contributed by atoms with Crippen molar-refractivity contribution < 1.29 is 14.3 Å². The molecule has 2 aliphatic rings. The van der Waals surface area contributed by atoms with Gasteiger partial charge in [-0.25, -0.2) is 0 Å². The van der Waals surface area contributed by atoms with Crippen LogP contribution in [0, 0.1) is 11.3 Å². The largest absolute Gasteiger partial charge is 0.349 e. The topological polar surface area (TPSA) is 74.6 Å². The van der Waals surface area contributed by atoms with Crippen LogP contribution >= 0.6 is 0 Å². The maximum Gasteiger partial charge on any atom is 0.225 e. The van der Waals surface area contributed by atoms with E-state index in [1.54, 1.807) is 18.2 Å². The molecule has 2 heterocycles. The van der Waals surface area contributed by atoms with Crippen LogP contribution in [0.25, 0.3) is 0 Å². The Bertz CT molecular complexity index is 608. The number of piperidine rings is 1. The van der Waals surface area contributed by atoms with E-state index in [0.717, 1.165) is 19.4 Å². The number of carbonyl (C=O) groups excluding carboxylic acids is 1. The van der Waals surface area contributed by atoms with E-state index in [1.807, 2.05) is 6.07 Å². The van der Waals surface area contributed by atoms with E-state index in [1.165, 1.54) is 6.42 Å². The van der Waals surface area contributed by atoms with Gasteiger partial charge >= 0.3 is 0 Å². The van der Waals surface area contributed by atoms with Crippen molar-refractivity contribution in [3.05, 3.63) is 29.8 Å². The Morgan fingerprint density at radius 3 is 2.88 bits per heavy atom. The molecule has 0 aliphatic carbocycles. The summed E-state index contributed by atoms with van der Waals surface area (Å²) in [5.41, 5.74) is 1.05. The van der Waals surface area contributed by atoms with Gasteiger partial charge in [0.2, 0.25) is 5.91 Å². The quantitative estimate of drug-likeness (QED) is 0.895. The lowest BCUT2D eigenvalue weighted by molar-refractivity contribution is -0.120. The van der Waals surface area contributed by atoms with Crippen LogP contribution in [0.3, 0.4) is 0 Å². The van der Waals surface area contributed by atoms with Gasteiger partial charge in [0.1, 0.15) is 6.07 Å². The maximum atomic E-state index is 12.2. The molecule has 0 spiro atoms. The zero-order chi connectivity index (χ0) is 16.8. The molecule has 1 amide bonds. The highest BCUT2D eigenvalue weighted by Gasteiger charge is 2.33. The van der Waals surface area contributed by atoms with Crippen molar-refractivity contribution in [2.45, 2.75) is 38.0 Å². The van der Waals surface area contributed by atoms with E-state index < -0.39 is 0 Å². The number of nitriles is 1. The molecule has 128 valence electrons. The molecule has 0 aromatic heterocycles. The third kappa shape index (κ3) is 4.12. The minimum Gasteiger partial charge on any atom is -0.349 e. The number of rotatable bonds is 5. The zero-order valence-electron chi connectivity index (χ0n) is 13.7. The van der Waals surface area contributed by atoms with E-state index in [9.17, 15) is 4.79 Å². The number of anilines is 1. The molecule has 1 aromatic rings. The van der Waals surface area contributed by atoms with Gasteiger partial charge < -0.3 is 14.8 Å². The van der Waals surface area contributed by atoms with E-state index in [0.29, 0.717) is 37.4 Å². The highest BCUT2D eigenvalue weighted by molar-refractivity contribution is 5.92. The predicted octanol–water partition coefficient (Wildman–Crippen LogP) is 2.11. The zero-order valence-corrected chi connectivity index (χ0v) is 13.7. The molecular formula is C18H23N3O3. The number of hydrogen-bond acceptors (Lipinski definition) is 5. The van der Waals surface area contributed by atoms with Crippen LogP contribution in [-0.4, -0.2) is 49.4 Å². The summed E-state index contributed by atoms with van der Waals surface area (Å²) in [6.45, 7) is 2.95. The van der Waals surface area contributed by atoms with Crippen LogP contribution in [0.5, 0.6) is 0 Å². The Morgan fingerprint density at radius 2 is 2.08 bits per heavy atom. The predicted molar refractivity (Wildman–Crippen MR) is 89.3 cm³/mol. The highest BCUT2D eigenvalue weighted by Crippen LogP contribution is 2.24. The summed E-state index contributed by atoms with van der Waals surface area (Å²) < 4.78 is 11.3. The number of nitrogens with one attached hydrogen (secondary N) is 1. The average Bonchev–Trinajstić information content (AvgIpc) is 3.15. The number of ether oxygens (including phenoxy) is 2. The number of hydrogen-bond donors (Lipinski definition) is 1. The molecule has 0 saturated carbocycles.